The molecular weight excluding hydrogens is 248 g/mol. The molecule has 3 rings (SSSR count). The second-order valence-corrected chi connectivity index (χ2v) is 4.46. The van der Waals surface area contributed by atoms with E-state index >= 15 is 0 Å². The van der Waals surface area contributed by atoms with Gasteiger partial charge in [-0.25, -0.2) is 4.98 Å². The molecule has 0 aliphatic rings. The number of rotatable bonds is 2. The van der Waals surface area contributed by atoms with Crippen molar-refractivity contribution in [2.24, 2.45) is 5.73 Å². The van der Waals surface area contributed by atoms with E-state index in [1.165, 1.54) is 0 Å². The normalized spacial score (nSPS) is 12.8. The van der Waals surface area contributed by atoms with Gasteiger partial charge in [0.1, 0.15) is 5.65 Å². The monoisotopic (exact) mass is 258 g/mol. The third kappa shape index (κ3) is 1.85. The Morgan fingerprint density at radius 1 is 1.22 bits per heavy atom. The van der Waals surface area contributed by atoms with Crippen molar-refractivity contribution in [1.82, 2.24) is 14.4 Å². The summed E-state index contributed by atoms with van der Waals surface area (Å²) in [5.41, 5.74) is 8.89. The summed E-state index contributed by atoms with van der Waals surface area (Å²) < 4.78 is 1.90. The molecule has 3 aromatic heterocycles. The second-order valence-electron chi connectivity index (χ2n) is 4.02. The Kier molecular flexibility index (Phi) is 2.74. The Hall–Kier alpha value is -1.91. The summed E-state index contributed by atoms with van der Waals surface area (Å²) >= 11 is 6.00. The zero-order valence-corrected chi connectivity index (χ0v) is 10.2. The maximum atomic E-state index is 6.23. The quantitative estimate of drug-likeness (QED) is 0.768. The van der Waals surface area contributed by atoms with Crippen LogP contribution in [0.4, 0.5) is 0 Å². The Balaban J connectivity index is 2.12. The Morgan fingerprint density at radius 3 is 2.89 bits per heavy atom. The van der Waals surface area contributed by atoms with E-state index < -0.39 is 0 Å². The lowest BCUT2D eigenvalue weighted by atomic mass is 10.1. The molecule has 0 aliphatic heterocycles. The van der Waals surface area contributed by atoms with Gasteiger partial charge in [-0.05, 0) is 23.8 Å². The number of halogens is 1. The fourth-order valence-corrected chi connectivity index (χ4v) is 2.09. The van der Waals surface area contributed by atoms with Gasteiger partial charge in [-0.2, -0.15) is 0 Å². The molecule has 5 heteroatoms. The maximum Gasteiger partial charge on any atom is 0.137 e. The number of fused-ring (bicyclic) bond motifs is 1. The molecular formula is C13H11ClN4. The molecule has 0 spiro atoms. The Bertz CT molecular complexity index is 678. The smallest absolute Gasteiger partial charge is 0.137 e. The fraction of sp³-hybridized carbons (Fsp3) is 0.0769. The molecule has 0 aromatic carbocycles. The summed E-state index contributed by atoms with van der Waals surface area (Å²) in [6.07, 6.45) is 7.06. The first-order valence-corrected chi connectivity index (χ1v) is 5.91. The van der Waals surface area contributed by atoms with E-state index in [-0.39, 0.29) is 6.04 Å². The minimum Gasteiger partial charge on any atom is -0.319 e. The number of nitrogens with two attached hydrogens (primary N) is 1. The number of hydrogen-bond donors (Lipinski definition) is 1. The third-order valence-corrected chi connectivity index (χ3v) is 3.08. The molecule has 1 unspecified atom stereocenters. The van der Waals surface area contributed by atoms with Gasteiger partial charge in [-0.1, -0.05) is 17.7 Å². The summed E-state index contributed by atoms with van der Waals surface area (Å²) in [6, 6.07) is 7.21. The van der Waals surface area contributed by atoms with E-state index in [1.54, 1.807) is 18.6 Å². The number of hydrogen-bond acceptors (Lipinski definition) is 3. The van der Waals surface area contributed by atoms with Crippen LogP contribution in [0.1, 0.15) is 17.3 Å². The minimum absolute atomic E-state index is 0.271. The van der Waals surface area contributed by atoms with Crippen LogP contribution in [0, 0.1) is 0 Å². The molecule has 3 heterocycles. The summed E-state index contributed by atoms with van der Waals surface area (Å²) in [5, 5.41) is 0.653. The van der Waals surface area contributed by atoms with Crippen molar-refractivity contribution < 1.29 is 0 Å². The van der Waals surface area contributed by atoms with Crippen LogP contribution in [0.15, 0.2) is 49.1 Å². The molecule has 0 fully saturated rings. The van der Waals surface area contributed by atoms with E-state index in [9.17, 15) is 0 Å². The third-order valence-electron chi connectivity index (χ3n) is 2.86. The van der Waals surface area contributed by atoms with Gasteiger partial charge in [-0.3, -0.25) is 4.98 Å². The van der Waals surface area contributed by atoms with E-state index in [0.717, 1.165) is 16.9 Å². The molecule has 90 valence electrons. The molecule has 0 saturated carbocycles. The highest BCUT2D eigenvalue weighted by Crippen LogP contribution is 2.21. The van der Waals surface area contributed by atoms with Gasteiger partial charge in [0.05, 0.1) is 23.0 Å². The number of aromatic nitrogens is 3. The highest BCUT2D eigenvalue weighted by atomic mass is 35.5. The molecule has 3 aromatic rings. The van der Waals surface area contributed by atoms with Gasteiger partial charge >= 0.3 is 0 Å². The van der Waals surface area contributed by atoms with Crippen molar-refractivity contribution in [3.63, 3.8) is 0 Å². The molecule has 18 heavy (non-hydrogen) atoms. The first-order chi connectivity index (χ1) is 8.75. The molecule has 1 atom stereocenters. The SMILES string of the molecule is NC(c1cccnc1)c1cnc2ccc(Cl)cn12. The van der Waals surface area contributed by atoms with Crippen LogP contribution >= 0.6 is 11.6 Å². The van der Waals surface area contributed by atoms with Gasteiger partial charge < -0.3 is 10.1 Å². The molecule has 2 N–H and O–H groups in total. The lowest BCUT2D eigenvalue weighted by molar-refractivity contribution is 0.809. The van der Waals surface area contributed by atoms with Crippen molar-refractivity contribution in [1.29, 1.82) is 0 Å². The maximum absolute atomic E-state index is 6.23. The van der Waals surface area contributed by atoms with Crippen LogP contribution in [0.5, 0.6) is 0 Å². The molecule has 0 aliphatic carbocycles. The van der Waals surface area contributed by atoms with Crippen LogP contribution in [-0.4, -0.2) is 14.4 Å². The van der Waals surface area contributed by atoms with Gasteiger partial charge in [0.15, 0.2) is 0 Å². The standard InChI is InChI=1S/C13H11ClN4/c14-10-3-4-12-17-7-11(18(12)8-10)13(15)9-2-1-5-16-6-9/h1-8,13H,15H2. The van der Waals surface area contributed by atoms with E-state index in [1.807, 2.05) is 34.9 Å². The predicted octanol–water partition coefficient (Wildman–Crippen LogP) is 2.43. The lowest BCUT2D eigenvalue weighted by Crippen LogP contribution is -2.14. The summed E-state index contributed by atoms with van der Waals surface area (Å²) in [4.78, 5) is 8.39. The highest BCUT2D eigenvalue weighted by Gasteiger charge is 2.14. The van der Waals surface area contributed by atoms with Crippen LogP contribution in [0.3, 0.4) is 0 Å². The topological polar surface area (TPSA) is 56.2 Å². The average Bonchev–Trinajstić information content (AvgIpc) is 2.82. The molecule has 0 amide bonds. The van der Waals surface area contributed by atoms with Gasteiger partial charge in [0.2, 0.25) is 0 Å². The van der Waals surface area contributed by atoms with E-state index in [2.05, 4.69) is 9.97 Å². The predicted molar refractivity (Wildman–Crippen MR) is 70.5 cm³/mol. The first-order valence-electron chi connectivity index (χ1n) is 5.54. The van der Waals surface area contributed by atoms with Crippen molar-refractivity contribution in [3.8, 4) is 0 Å². The molecule has 4 nitrogen and oxygen atoms in total. The molecule has 0 bridgehead atoms. The highest BCUT2D eigenvalue weighted by molar-refractivity contribution is 6.30. The Labute approximate surface area is 109 Å². The van der Waals surface area contributed by atoms with Gasteiger partial charge in [0, 0.05) is 18.6 Å². The number of imidazole rings is 1. The number of nitrogens with zero attached hydrogens (tertiary/aromatic N) is 3. The van der Waals surface area contributed by atoms with E-state index in [4.69, 9.17) is 17.3 Å². The van der Waals surface area contributed by atoms with Crippen LogP contribution in [-0.2, 0) is 0 Å². The largest absolute Gasteiger partial charge is 0.319 e. The van der Waals surface area contributed by atoms with Gasteiger partial charge in [0.25, 0.3) is 0 Å². The minimum atomic E-state index is -0.271. The van der Waals surface area contributed by atoms with Crippen molar-refractivity contribution >= 4 is 17.2 Å². The average molecular weight is 259 g/mol. The fourth-order valence-electron chi connectivity index (χ4n) is 1.93. The number of pyridine rings is 2. The second kappa shape index (κ2) is 4.40. The van der Waals surface area contributed by atoms with Crippen molar-refractivity contribution in [3.05, 3.63) is 65.3 Å². The summed E-state index contributed by atoms with van der Waals surface area (Å²) in [6.45, 7) is 0. The van der Waals surface area contributed by atoms with Crippen molar-refractivity contribution in [2.45, 2.75) is 6.04 Å². The molecule has 0 saturated heterocycles. The van der Waals surface area contributed by atoms with Crippen molar-refractivity contribution in [2.75, 3.05) is 0 Å². The zero-order valence-electron chi connectivity index (χ0n) is 9.49. The van der Waals surface area contributed by atoms with Crippen LogP contribution in [0.25, 0.3) is 5.65 Å². The lowest BCUT2D eigenvalue weighted by Gasteiger charge is -2.11. The summed E-state index contributed by atoms with van der Waals surface area (Å²) in [5.74, 6) is 0. The first kappa shape index (κ1) is 11.2. The molecule has 0 radical (unpaired) electrons. The zero-order chi connectivity index (χ0) is 12.5. The Morgan fingerprint density at radius 2 is 2.11 bits per heavy atom. The van der Waals surface area contributed by atoms with Crippen LogP contribution in [0.2, 0.25) is 5.02 Å². The van der Waals surface area contributed by atoms with Crippen LogP contribution < -0.4 is 5.73 Å². The van der Waals surface area contributed by atoms with Gasteiger partial charge in [-0.15, -0.1) is 0 Å². The summed E-state index contributed by atoms with van der Waals surface area (Å²) in [7, 11) is 0. The van der Waals surface area contributed by atoms with E-state index in [0.29, 0.717) is 5.02 Å².